The molecule has 7 rings (SSSR count). The quantitative estimate of drug-likeness (QED) is 0.0632. The lowest BCUT2D eigenvalue weighted by atomic mass is 9.77. The molecule has 0 saturated carbocycles. The van der Waals surface area contributed by atoms with Gasteiger partial charge >= 0.3 is 16.4 Å². The van der Waals surface area contributed by atoms with Crippen molar-refractivity contribution in [3.8, 4) is 0 Å². The van der Waals surface area contributed by atoms with Crippen LogP contribution in [-0.2, 0) is 53.8 Å². The van der Waals surface area contributed by atoms with Crippen molar-refractivity contribution in [3.63, 3.8) is 0 Å². The summed E-state index contributed by atoms with van der Waals surface area (Å²) in [6, 6.07) is 47.9. The molecule has 5 aromatic carbocycles. The Morgan fingerprint density at radius 2 is 1.29 bits per heavy atom. The average Bonchev–Trinajstić information content (AvgIpc) is 3.61. The molecular formula is C50H55N5O7S. The minimum absolute atomic E-state index is 0.0959. The molecular weight excluding hydrogens is 815 g/mol. The number of benzene rings is 5. The molecule has 2 aromatic heterocycles. The number of pyridine rings is 1. The Labute approximate surface area is 369 Å². The molecule has 63 heavy (non-hydrogen) atoms. The normalized spacial score (nSPS) is 12.4. The van der Waals surface area contributed by atoms with Crippen LogP contribution in [0.4, 0.5) is 10.6 Å². The second-order valence-electron chi connectivity index (χ2n) is 16.9. The number of hydrogen-bond acceptors (Lipinski definition) is 10. The van der Waals surface area contributed by atoms with Gasteiger partial charge in [-0.25, -0.2) is 14.8 Å². The predicted molar refractivity (Wildman–Crippen MR) is 247 cm³/mol. The van der Waals surface area contributed by atoms with Crippen molar-refractivity contribution in [1.29, 1.82) is 0 Å². The topological polar surface area (TPSA) is 143 Å². The third-order valence-corrected chi connectivity index (χ3v) is 11.3. The number of aromatic nitrogens is 3. The summed E-state index contributed by atoms with van der Waals surface area (Å²) in [5.74, 6) is 1.25. The summed E-state index contributed by atoms with van der Waals surface area (Å²) in [4.78, 5) is 22.9. The Kier molecular flexibility index (Phi) is 13.6. The van der Waals surface area contributed by atoms with Crippen LogP contribution in [0.3, 0.4) is 0 Å². The molecule has 0 unspecified atom stereocenters. The Morgan fingerprint density at radius 1 is 0.714 bits per heavy atom. The van der Waals surface area contributed by atoms with E-state index in [1.807, 2.05) is 93.6 Å². The van der Waals surface area contributed by atoms with Gasteiger partial charge in [0.1, 0.15) is 29.1 Å². The lowest BCUT2D eigenvalue weighted by Crippen LogP contribution is -2.38. The van der Waals surface area contributed by atoms with Gasteiger partial charge in [-0.3, -0.25) is 4.18 Å². The zero-order valence-electron chi connectivity index (χ0n) is 36.6. The second kappa shape index (κ2) is 19.1. The monoisotopic (exact) mass is 869 g/mol. The summed E-state index contributed by atoms with van der Waals surface area (Å²) in [5.41, 5.74) is 4.95. The molecule has 13 heteroatoms. The van der Waals surface area contributed by atoms with E-state index >= 15 is 0 Å². The van der Waals surface area contributed by atoms with Crippen molar-refractivity contribution in [3.05, 3.63) is 173 Å². The molecule has 0 spiro atoms. The van der Waals surface area contributed by atoms with E-state index in [2.05, 4.69) is 76.6 Å². The van der Waals surface area contributed by atoms with E-state index in [0.717, 1.165) is 45.1 Å². The van der Waals surface area contributed by atoms with E-state index in [1.165, 1.54) is 5.56 Å². The van der Waals surface area contributed by atoms with Gasteiger partial charge in [0.15, 0.2) is 5.82 Å². The predicted octanol–water partition coefficient (Wildman–Crippen LogP) is 9.70. The summed E-state index contributed by atoms with van der Waals surface area (Å²) in [7, 11) is -4.45. The highest BCUT2D eigenvalue weighted by atomic mass is 32.2. The summed E-state index contributed by atoms with van der Waals surface area (Å²) >= 11 is 0. The summed E-state index contributed by atoms with van der Waals surface area (Å²) in [6.07, 6.45) is -0.406. The number of hydrogen-bond donors (Lipinski definition) is 2. The number of carbonyl (C=O) groups excluding carboxylic acids is 1. The van der Waals surface area contributed by atoms with Crippen LogP contribution in [0.5, 0.6) is 0 Å². The average molecular weight is 870 g/mol. The van der Waals surface area contributed by atoms with Crippen molar-refractivity contribution >= 4 is 44.2 Å². The smallest absolute Gasteiger partial charge is 0.423 e. The van der Waals surface area contributed by atoms with Crippen LogP contribution in [-0.4, -0.2) is 60.1 Å². The zero-order chi connectivity index (χ0) is 44.7. The summed E-state index contributed by atoms with van der Waals surface area (Å²) < 4.78 is 51.4. The van der Waals surface area contributed by atoms with Crippen molar-refractivity contribution in [2.24, 2.45) is 0 Å². The molecule has 0 saturated heterocycles. The summed E-state index contributed by atoms with van der Waals surface area (Å²) in [6.45, 7) is 11.2. The number of nitrogens with one attached hydrogen (secondary N) is 2. The molecule has 2 N–H and O–H groups in total. The minimum Gasteiger partial charge on any atom is -0.443 e. The van der Waals surface area contributed by atoms with Gasteiger partial charge in [-0.1, -0.05) is 133 Å². The van der Waals surface area contributed by atoms with Crippen LogP contribution in [0.1, 0.15) is 75.2 Å². The molecule has 0 atom stereocenters. The molecule has 2 heterocycles. The van der Waals surface area contributed by atoms with Crippen LogP contribution in [0.25, 0.3) is 21.9 Å². The van der Waals surface area contributed by atoms with E-state index in [-0.39, 0.29) is 19.8 Å². The third-order valence-electron chi connectivity index (χ3n) is 10.4. The Bertz CT molecular complexity index is 2640. The fourth-order valence-corrected chi connectivity index (χ4v) is 8.35. The number of anilines is 1. The lowest BCUT2D eigenvalue weighted by Gasteiger charge is -2.37. The molecule has 0 aliphatic rings. The van der Waals surface area contributed by atoms with Crippen molar-refractivity contribution < 1.29 is 31.6 Å². The first kappa shape index (κ1) is 44.9. The largest absolute Gasteiger partial charge is 0.443 e. The molecule has 0 bridgehead atoms. The maximum atomic E-state index is 12.5. The van der Waals surface area contributed by atoms with Gasteiger partial charge in [0.05, 0.1) is 36.4 Å². The van der Waals surface area contributed by atoms with E-state index in [4.69, 9.17) is 28.4 Å². The lowest BCUT2D eigenvalue weighted by molar-refractivity contribution is -0.0403. The van der Waals surface area contributed by atoms with E-state index in [1.54, 1.807) is 25.5 Å². The first-order valence-corrected chi connectivity index (χ1v) is 22.5. The van der Waals surface area contributed by atoms with Gasteiger partial charge in [0.2, 0.25) is 0 Å². The fourth-order valence-electron chi connectivity index (χ4n) is 7.76. The van der Waals surface area contributed by atoms with Gasteiger partial charge in [-0.2, -0.15) is 13.1 Å². The first-order chi connectivity index (χ1) is 30.2. The number of carbonyl (C=O) groups is 1. The third kappa shape index (κ3) is 10.9. The van der Waals surface area contributed by atoms with E-state index < -0.39 is 33.1 Å². The Balaban J connectivity index is 1.34. The number of nitrogens with zero attached hydrogens (tertiary/aromatic N) is 3. The molecule has 0 aliphatic carbocycles. The molecule has 7 aromatic rings. The number of amides is 1. The standard InChI is InChI=1S/C50H55N5O7S/c1-7-59-34-43-52-44-45(55(43)35-49(5,6)60-30-31-61-63(57,58)54-47(56)62-48(2,3)4)41-29-28-37(32-36-20-12-8-13-21-36)33-42(41)51-46(44)53-50(38-22-14-9-15-23-38,39-24-16-10-17-25-39)40-26-18-11-19-27-40/h8-29,33H,7,30-32,34-35H2,1-6H3,(H,51,53)(H,54,56). The van der Waals surface area contributed by atoms with E-state index in [9.17, 15) is 13.2 Å². The number of fused-ring (bicyclic) bond motifs is 3. The molecule has 0 fully saturated rings. The van der Waals surface area contributed by atoms with Crippen LogP contribution in [0.2, 0.25) is 0 Å². The van der Waals surface area contributed by atoms with Gasteiger partial charge in [-0.05, 0) is 81.8 Å². The van der Waals surface area contributed by atoms with Gasteiger partial charge < -0.3 is 24.1 Å². The second-order valence-corrected chi connectivity index (χ2v) is 18.2. The SMILES string of the molecule is CCOCc1nc2c(NC(c3ccccc3)(c3ccccc3)c3ccccc3)nc3cc(Cc4ccccc4)ccc3c2n1CC(C)(C)OCCOS(=O)(=O)NC(=O)OC(C)(C)C. The highest BCUT2D eigenvalue weighted by Gasteiger charge is 2.38. The Hall–Kier alpha value is -6.12. The van der Waals surface area contributed by atoms with Gasteiger partial charge in [0.25, 0.3) is 0 Å². The van der Waals surface area contributed by atoms with Crippen molar-refractivity contribution in [1.82, 2.24) is 19.3 Å². The number of rotatable bonds is 18. The Morgan fingerprint density at radius 3 is 1.84 bits per heavy atom. The first-order valence-electron chi connectivity index (χ1n) is 21.1. The maximum absolute atomic E-state index is 12.5. The minimum atomic E-state index is -4.45. The van der Waals surface area contributed by atoms with Crippen molar-refractivity contribution in [2.45, 2.75) is 77.9 Å². The maximum Gasteiger partial charge on any atom is 0.423 e. The molecule has 328 valence electrons. The molecule has 12 nitrogen and oxygen atoms in total. The van der Waals surface area contributed by atoms with Crippen molar-refractivity contribution in [2.75, 3.05) is 25.1 Å². The van der Waals surface area contributed by atoms with Crippen LogP contribution in [0, 0.1) is 0 Å². The summed E-state index contributed by atoms with van der Waals surface area (Å²) in [5, 5.41) is 4.91. The van der Waals surface area contributed by atoms with Gasteiger partial charge in [-0.15, -0.1) is 0 Å². The highest BCUT2D eigenvalue weighted by molar-refractivity contribution is 7.85. The molecule has 0 aliphatic heterocycles. The van der Waals surface area contributed by atoms with Crippen LogP contribution < -0.4 is 10.0 Å². The number of imidazole rings is 1. The van der Waals surface area contributed by atoms with Crippen LogP contribution >= 0.6 is 0 Å². The molecule has 0 radical (unpaired) electrons. The van der Waals surface area contributed by atoms with Crippen LogP contribution in [0.15, 0.2) is 140 Å². The van der Waals surface area contributed by atoms with E-state index in [0.29, 0.717) is 30.3 Å². The molecule has 1 amide bonds. The number of ether oxygens (including phenoxy) is 3. The van der Waals surface area contributed by atoms with Gasteiger partial charge in [0, 0.05) is 12.0 Å². The zero-order valence-corrected chi connectivity index (χ0v) is 37.4. The fraction of sp³-hybridized carbons (Fsp3) is 0.300. The highest BCUT2D eigenvalue weighted by Crippen LogP contribution is 2.42.